The van der Waals surface area contributed by atoms with Crippen molar-refractivity contribution in [3.8, 4) is 0 Å². The zero-order valence-electron chi connectivity index (χ0n) is 10.2. The average Bonchev–Trinajstić information content (AvgIpc) is 2.84. The minimum atomic E-state index is -4.27. The Morgan fingerprint density at radius 3 is 2.45 bits per heavy atom. The van der Waals surface area contributed by atoms with E-state index >= 15 is 0 Å². The molecular formula is C13H11F3N2OS. The summed E-state index contributed by atoms with van der Waals surface area (Å²) in [5, 5.41) is 0. The first kappa shape index (κ1) is 14.7. The van der Waals surface area contributed by atoms with E-state index in [1.807, 2.05) is 0 Å². The molecule has 0 saturated carbocycles. The van der Waals surface area contributed by atoms with Crippen LogP contribution in [0.4, 0.5) is 13.2 Å². The predicted octanol–water partition coefficient (Wildman–Crippen LogP) is 3.92. The zero-order chi connectivity index (χ0) is 14.6. The Morgan fingerprint density at radius 1 is 1.20 bits per heavy atom. The van der Waals surface area contributed by atoms with Crippen molar-refractivity contribution >= 4 is 23.9 Å². The lowest BCUT2D eigenvalue weighted by molar-refractivity contribution is -0.0328. The second-order valence-electron chi connectivity index (χ2n) is 3.83. The van der Waals surface area contributed by atoms with Gasteiger partial charge in [-0.3, -0.25) is 0 Å². The van der Waals surface area contributed by atoms with Crippen molar-refractivity contribution in [2.75, 3.05) is 0 Å². The molecule has 0 bridgehead atoms. The summed E-state index contributed by atoms with van der Waals surface area (Å²) in [7, 11) is 0. The number of alkyl halides is 3. The number of nitrogens with two attached hydrogens (primary N) is 1. The Kier molecular flexibility index (Phi) is 4.51. The summed E-state index contributed by atoms with van der Waals surface area (Å²) in [5.74, 6) is 0.402. The fourth-order valence-corrected chi connectivity index (χ4v) is 1.98. The van der Waals surface area contributed by atoms with E-state index in [-0.39, 0.29) is 16.7 Å². The van der Waals surface area contributed by atoms with Crippen molar-refractivity contribution in [2.24, 2.45) is 5.73 Å². The van der Waals surface area contributed by atoms with Crippen LogP contribution in [0.1, 0.15) is 17.1 Å². The number of nitrogens with zero attached hydrogens (tertiary/aromatic N) is 1. The van der Waals surface area contributed by atoms with Gasteiger partial charge in [-0.25, -0.2) is 4.98 Å². The molecule has 0 saturated heterocycles. The van der Waals surface area contributed by atoms with Crippen LogP contribution in [-0.2, 0) is 6.54 Å². The minimum absolute atomic E-state index is 0.139. The number of hydrogen-bond acceptors (Lipinski definition) is 4. The zero-order valence-corrected chi connectivity index (χ0v) is 11.0. The van der Waals surface area contributed by atoms with Crippen LogP contribution in [0, 0.1) is 0 Å². The molecule has 0 aliphatic carbocycles. The van der Waals surface area contributed by atoms with Gasteiger partial charge < -0.3 is 10.2 Å². The number of benzene rings is 1. The summed E-state index contributed by atoms with van der Waals surface area (Å²) in [6.07, 6.45) is 4.79. The van der Waals surface area contributed by atoms with Gasteiger partial charge in [-0.1, -0.05) is 12.1 Å². The lowest BCUT2D eigenvalue weighted by Gasteiger charge is -2.05. The molecule has 2 N–H and O–H groups in total. The molecule has 1 aromatic heterocycles. The standard InChI is InChI=1S/C13H11F3N2OS/c14-13(15,16)20-11-4-1-9(2-5-11)3-6-12-18-10(7-17)8-19-12/h1-6,8H,7,17H2. The first-order valence-corrected chi connectivity index (χ1v) is 6.46. The highest BCUT2D eigenvalue weighted by molar-refractivity contribution is 8.00. The van der Waals surface area contributed by atoms with Crippen molar-refractivity contribution in [3.63, 3.8) is 0 Å². The normalized spacial score (nSPS) is 12.2. The molecule has 2 aromatic rings. The SMILES string of the molecule is NCc1coc(C=Cc2ccc(SC(F)(F)F)cc2)n1. The van der Waals surface area contributed by atoms with E-state index in [4.69, 9.17) is 10.2 Å². The van der Waals surface area contributed by atoms with Crippen molar-refractivity contribution in [3.05, 3.63) is 47.7 Å². The summed E-state index contributed by atoms with van der Waals surface area (Å²) in [6.45, 7) is 0.292. The summed E-state index contributed by atoms with van der Waals surface area (Å²) in [6, 6.07) is 6.02. The van der Waals surface area contributed by atoms with Crippen LogP contribution in [0.5, 0.6) is 0 Å². The second kappa shape index (κ2) is 6.15. The van der Waals surface area contributed by atoms with Gasteiger partial charge in [0.2, 0.25) is 5.89 Å². The number of rotatable bonds is 4. The first-order chi connectivity index (χ1) is 9.46. The van der Waals surface area contributed by atoms with Crippen molar-refractivity contribution < 1.29 is 17.6 Å². The molecule has 20 heavy (non-hydrogen) atoms. The molecule has 0 aliphatic rings. The third-order valence-electron chi connectivity index (χ3n) is 2.31. The molecular weight excluding hydrogens is 289 g/mol. The van der Waals surface area contributed by atoms with E-state index in [9.17, 15) is 13.2 Å². The molecule has 106 valence electrons. The molecule has 0 aliphatic heterocycles. The summed E-state index contributed by atoms with van der Waals surface area (Å²) < 4.78 is 41.6. The number of hydrogen-bond donors (Lipinski definition) is 1. The van der Waals surface area contributed by atoms with E-state index in [0.717, 1.165) is 5.56 Å². The van der Waals surface area contributed by atoms with Crippen molar-refractivity contribution in [1.82, 2.24) is 4.98 Å². The first-order valence-electron chi connectivity index (χ1n) is 5.64. The Bertz CT molecular complexity index is 590. The summed E-state index contributed by atoms with van der Waals surface area (Å²) >= 11 is -0.139. The van der Waals surface area contributed by atoms with E-state index in [1.54, 1.807) is 24.3 Å². The van der Waals surface area contributed by atoms with Crippen molar-refractivity contribution in [1.29, 1.82) is 0 Å². The molecule has 7 heteroatoms. The number of thioether (sulfide) groups is 1. The molecule has 0 fully saturated rings. The molecule has 0 atom stereocenters. The van der Waals surface area contributed by atoms with Crippen LogP contribution in [0.3, 0.4) is 0 Å². The fourth-order valence-electron chi connectivity index (χ4n) is 1.44. The van der Waals surface area contributed by atoms with Gasteiger partial charge in [0.1, 0.15) is 6.26 Å². The van der Waals surface area contributed by atoms with Gasteiger partial charge in [0, 0.05) is 17.5 Å². The lowest BCUT2D eigenvalue weighted by Crippen LogP contribution is -1.98. The molecule has 0 radical (unpaired) electrons. The summed E-state index contributed by atoms with van der Waals surface area (Å²) in [5.41, 5.74) is 2.52. The van der Waals surface area contributed by atoms with Gasteiger partial charge in [0.15, 0.2) is 0 Å². The summed E-state index contributed by atoms with van der Waals surface area (Å²) in [4.78, 5) is 4.23. The van der Waals surface area contributed by atoms with Gasteiger partial charge >= 0.3 is 5.51 Å². The third-order valence-corrected chi connectivity index (χ3v) is 3.05. The highest BCUT2D eigenvalue weighted by atomic mass is 32.2. The molecule has 2 rings (SSSR count). The van der Waals surface area contributed by atoms with Crippen LogP contribution in [-0.4, -0.2) is 10.5 Å². The van der Waals surface area contributed by atoms with E-state index in [1.165, 1.54) is 18.4 Å². The van der Waals surface area contributed by atoms with E-state index in [2.05, 4.69) is 4.98 Å². The maximum absolute atomic E-state index is 12.2. The Labute approximate surface area is 117 Å². The highest BCUT2D eigenvalue weighted by Crippen LogP contribution is 2.36. The predicted molar refractivity (Wildman–Crippen MR) is 71.7 cm³/mol. The van der Waals surface area contributed by atoms with Gasteiger partial charge in [-0.05, 0) is 35.5 Å². The maximum atomic E-state index is 12.2. The lowest BCUT2D eigenvalue weighted by atomic mass is 10.2. The largest absolute Gasteiger partial charge is 0.446 e. The Hall–Kier alpha value is -1.73. The molecule has 0 amide bonds. The van der Waals surface area contributed by atoms with Crippen LogP contribution in [0.15, 0.2) is 39.8 Å². The van der Waals surface area contributed by atoms with Gasteiger partial charge in [-0.2, -0.15) is 13.2 Å². The smallest absolute Gasteiger partial charge is 0.445 e. The Balaban J connectivity index is 2.03. The molecule has 3 nitrogen and oxygen atoms in total. The number of halogens is 3. The highest BCUT2D eigenvalue weighted by Gasteiger charge is 2.28. The van der Waals surface area contributed by atoms with Gasteiger partial charge in [0.05, 0.1) is 5.69 Å². The quantitative estimate of drug-likeness (QED) is 0.870. The second-order valence-corrected chi connectivity index (χ2v) is 4.97. The van der Waals surface area contributed by atoms with Crippen LogP contribution in [0.2, 0.25) is 0 Å². The van der Waals surface area contributed by atoms with Crippen LogP contribution >= 0.6 is 11.8 Å². The maximum Gasteiger partial charge on any atom is 0.446 e. The molecule has 1 aromatic carbocycles. The van der Waals surface area contributed by atoms with Crippen LogP contribution in [0.25, 0.3) is 12.2 Å². The molecule has 1 heterocycles. The fraction of sp³-hybridized carbons (Fsp3) is 0.154. The number of oxazole rings is 1. The molecule has 0 unspecified atom stereocenters. The number of aromatic nitrogens is 1. The van der Waals surface area contributed by atoms with Crippen molar-refractivity contribution in [2.45, 2.75) is 16.9 Å². The monoisotopic (exact) mass is 300 g/mol. The molecule has 0 spiro atoms. The third kappa shape index (κ3) is 4.43. The van der Waals surface area contributed by atoms with E-state index in [0.29, 0.717) is 18.1 Å². The topological polar surface area (TPSA) is 52.0 Å². The Morgan fingerprint density at radius 2 is 1.90 bits per heavy atom. The van der Waals surface area contributed by atoms with Crippen LogP contribution < -0.4 is 5.73 Å². The minimum Gasteiger partial charge on any atom is -0.445 e. The van der Waals surface area contributed by atoms with E-state index < -0.39 is 5.51 Å². The average molecular weight is 300 g/mol. The van der Waals surface area contributed by atoms with Gasteiger partial charge in [-0.15, -0.1) is 0 Å². The van der Waals surface area contributed by atoms with Gasteiger partial charge in [0.25, 0.3) is 0 Å².